The van der Waals surface area contributed by atoms with E-state index in [0.717, 1.165) is 18.4 Å². The molecule has 0 aliphatic carbocycles. The molecule has 0 unspecified atom stereocenters. The Morgan fingerprint density at radius 1 is 1.17 bits per heavy atom. The number of unbranched alkanes of at least 4 members (excludes halogenated alkanes) is 1. The monoisotopic (exact) mass is 325 g/mol. The van der Waals surface area contributed by atoms with Crippen molar-refractivity contribution in [1.82, 2.24) is 4.98 Å². The van der Waals surface area contributed by atoms with Gasteiger partial charge in [-0.2, -0.15) is 0 Å². The van der Waals surface area contributed by atoms with Crippen LogP contribution in [0.2, 0.25) is 0 Å². The van der Waals surface area contributed by atoms with Gasteiger partial charge in [0.25, 0.3) is 0 Å². The Hall–Kier alpha value is -2.82. The Morgan fingerprint density at radius 3 is 2.71 bits per heavy atom. The number of oxazole rings is 1. The Morgan fingerprint density at radius 2 is 2.00 bits per heavy atom. The van der Waals surface area contributed by atoms with E-state index in [0.29, 0.717) is 29.7 Å². The lowest BCUT2D eigenvalue weighted by Gasteiger charge is -2.02. The number of rotatable bonds is 7. The largest absolute Gasteiger partial charge is 0.465 e. The number of ether oxygens (including phenoxy) is 1. The maximum absolute atomic E-state index is 12.0. The standard InChI is InChI=1S/C19H19NO4/c1-2-3-11-23-17(21)13-15-18(16-10-7-12-22-16)24-19(20-15)14-8-5-4-6-9-14/h4-10,12H,2-3,11,13H2,1H3. The number of aromatic nitrogens is 1. The van der Waals surface area contributed by atoms with Crippen molar-refractivity contribution >= 4 is 5.97 Å². The molecule has 2 aromatic heterocycles. The predicted molar refractivity (Wildman–Crippen MR) is 89.2 cm³/mol. The van der Waals surface area contributed by atoms with Crippen molar-refractivity contribution in [1.29, 1.82) is 0 Å². The summed E-state index contributed by atoms with van der Waals surface area (Å²) in [5.74, 6) is 1.15. The molecule has 0 atom stereocenters. The SMILES string of the molecule is CCCCOC(=O)Cc1nc(-c2ccccc2)oc1-c1ccco1. The number of furan rings is 1. The van der Waals surface area contributed by atoms with E-state index in [-0.39, 0.29) is 12.4 Å². The second-order valence-electron chi connectivity index (χ2n) is 5.39. The molecule has 3 rings (SSSR count). The van der Waals surface area contributed by atoms with E-state index < -0.39 is 0 Å². The van der Waals surface area contributed by atoms with Gasteiger partial charge in [-0.05, 0) is 30.7 Å². The summed E-state index contributed by atoms with van der Waals surface area (Å²) in [5, 5.41) is 0. The van der Waals surface area contributed by atoms with Crippen molar-refractivity contribution in [3.05, 3.63) is 54.4 Å². The fourth-order valence-electron chi connectivity index (χ4n) is 2.29. The van der Waals surface area contributed by atoms with Gasteiger partial charge in [0.05, 0.1) is 19.3 Å². The van der Waals surface area contributed by atoms with Gasteiger partial charge in [-0.25, -0.2) is 4.98 Å². The molecule has 24 heavy (non-hydrogen) atoms. The van der Waals surface area contributed by atoms with Crippen LogP contribution in [0.15, 0.2) is 57.6 Å². The highest BCUT2D eigenvalue weighted by atomic mass is 16.5. The van der Waals surface area contributed by atoms with Crippen molar-refractivity contribution in [2.45, 2.75) is 26.2 Å². The molecule has 0 spiro atoms. The average molecular weight is 325 g/mol. The lowest BCUT2D eigenvalue weighted by molar-refractivity contribution is -0.142. The summed E-state index contributed by atoms with van der Waals surface area (Å²) in [6.07, 6.45) is 3.44. The molecule has 5 heteroatoms. The molecule has 0 aliphatic rings. The van der Waals surface area contributed by atoms with E-state index in [1.807, 2.05) is 37.3 Å². The Kier molecular flexibility index (Phi) is 5.11. The number of hydrogen-bond acceptors (Lipinski definition) is 5. The van der Waals surface area contributed by atoms with Crippen LogP contribution in [0.5, 0.6) is 0 Å². The molecule has 124 valence electrons. The number of benzene rings is 1. The Labute approximate surface area is 140 Å². The fraction of sp³-hybridized carbons (Fsp3) is 0.263. The summed E-state index contributed by atoms with van der Waals surface area (Å²) >= 11 is 0. The highest BCUT2D eigenvalue weighted by Crippen LogP contribution is 2.30. The van der Waals surface area contributed by atoms with Crippen molar-refractivity contribution < 1.29 is 18.4 Å². The maximum Gasteiger partial charge on any atom is 0.312 e. The van der Waals surface area contributed by atoms with Crippen molar-refractivity contribution in [3.63, 3.8) is 0 Å². The molecule has 0 fully saturated rings. The van der Waals surface area contributed by atoms with Gasteiger partial charge >= 0.3 is 5.97 Å². The van der Waals surface area contributed by atoms with Gasteiger partial charge in [0.2, 0.25) is 5.89 Å². The predicted octanol–water partition coefficient (Wildman–Crippen LogP) is 4.49. The number of carbonyl (C=O) groups excluding carboxylic acids is 1. The highest BCUT2D eigenvalue weighted by Gasteiger charge is 2.21. The van der Waals surface area contributed by atoms with Gasteiger partial charge < -0.3 is 13.6 Å². The van der Waals surface area contributed by atoms with Crippen LogP contribution in [0, 0.1) is 0 Å². The van der Waals surface area contributed by atoms with Crippen molar-refractivity contribution in [3.8, 4) is 23.0 Å². The maximum atomic E-state index is 12.0. The summed E-state index contributed by atoms with van der Waals surface area (Å²) in [6.45, 7) is 2.47. The molecular weight excluding hydrogens is 306 g/mol. The van der Waals surface area contributed by atoms with Crippen LogP contribution in [0.1, 0.15) is 25.5 Å². The first-order valence-corrected chi connectivity index (χ1v) is 8.02. The van der Waals surface area contributed by atoms with E-state index >= 15 is 0 Å². The zero-order valence-corrected chi connectivity index (χ0v) is 13.5. The van der Waals surface area contributed by atoms with Crippen LogP contribution in [-0.4, -0.2) is 17.6 Å². The summed E-state index contributed by atoms with van der Waals surface area (Å²) < 4.78 is 16.5. The molecule has 2 heterocycles. The summed E-state index contributed by atoms with van der Waals surface area (Å²) in [7, 11) is 0. The third-order valence-corrected chi connectivity index (χ3v) is 3.54. The van der Waals surface area contributed by atoms with Crippen LogP contribution in [0.4, 0.5) is 0 Å². The second kappa shape index (κ2) is 7.64. The van der Waals surface area contributed by atoms with Crippen molar-refractivity contribution in [2.75, 3.05) is 6.61 Å². The first kappa shape index (κ1) is 16.1. The van der Waals surface area contributed by atoms with E-state index in [9.17, 15) is 4.79 Å². The lowest BCUT2D eigenvalue weighted by Crippen LogP contribution is -2.09. The number of carbonyl (C=O) groups is 1. The molecule has 0 saturated heterocycles. The molecule has 0 radical (unpaired) electrons. The van der Waals surface area contributed by atoms with E-state index in [4.69, 9.17) is 13.6 Å². The first-order valence-electron chi connectivity index (χ1n) is 8.02. The Bertz CT molecular complexity index is 775. The molecule has 5 nitrogen and oxygen atoms in total. The molecule has 0 amide bonds. The van der Waals surface area contributed by atoms with Gasteiger partial charge in [0.1, 0.15) is 5.69 Å². The molecule has 0 saturated carbocycles. The average Bonchev–Trinajstić information content (AvgIpc) is 3.25. The van der Waals surface area contributed by atoms with E-state index in [2.05, 4.69) is 4.98 Å². The van der Waals surface area contributed by atoms with Crippen LogP contribution in [0.3, 0.4) is 0 Å². The topological polar surface area (TPSA) is 65.5 Å². The third-order valence-electron chi connectivity index (χ3n) is 3.54. The van der Waals surface area contributed by atoms with Crippen LogP contribution < -0.4 is 0 Å². The van der Waals surface area contributed by atoms with E-state index in [1.165, 1.54) is 0 Å². The fourth-order valence-corrected chi connectivity index (χ4v) is 2.29. The normalized spacial score (nSPS) is 10.7. The van der Waals surface area contributed by atoms with Gasteiger partial charge in [0.15, 0.2) is 11.5 Å². The van der Waals surface area contributed by atoms with E-state index in [1.54, 1.807) is 18.4 Å². The van der Waals surface area contributed by atoms with Gasteiger partial charge in [0, 0.05) is 5.56 Å². The van der Waals surface area contributed by atoms with Gasteiger partial charge in [-0.15, -0.1) is 0 Å². The minimum Gasteiger partial charge on any atom is -0.465 e. The third kappa shape index (κ3) is 3.74. The first-order chi connectivity index (χ1) is 11.8. The van der Waals surface area contributed by atoms with Crippen LogP contribution >= 0.6 is 0 Å². The number of hydrogen-bond donors (Lipinski definition) is 0. The summed E-state index contributed by atoms with van der Waals surface area (Å²) in [4.78, 5) is 16.5. The highest BCUT2D eigenvalue weighted by molar-refractivity contribution is 5.75. The summed E-state index contributed by atoms with van der Waals surface area (Å²) in [6, 6.07) is 13.1. The minimum absolute atomic E-state index is 0.0517. The molecular formula is C19H19NO4. The molecule has 3 aromatic rings. The zero-order valence-electron chi connectivity index (χ0n) is 13.5. The minimum atomic E-state index is -0.316. The van der Waals surface area contributed by atoms with Gasteiger partial charge in [-0.3, -0.25) is 4.79 Å². The molecule has 1 aromatic carbocycles. The quantitative estimate of drug-likeness (QED) is 0.473. The zero-order chi connectivity index (χ0) is 16.8. The summed E-state index contributed by atoms with van der Waals surface area (Å²) in [5.41, 5.74) is 1.36. The smallest absolute Gasteiger partial charge is 0.312 e. The number of nitrogens with zero attached hydrogens (tertiary/aromatic N) is 1. The molecule has 0 N–H and O–H groups in total. The second-order valence-corrected chi connectivity index (χ2v) is 5.39. The molecule has 0 bridgehead atoms. The van der Waals surface area contributed by atoms with Crippen LogP contribution in [0.25, 0.3) is 23.0 Å². The lowest BCUT2D eigenvalue weighted by atomic mass is 10.2. The molecule has 0 aliphatic heterocycles. The van der Waals surface area contributed by atoms with Crippen LogP contribution in [-0.2, 0) is 16.0 Å². The van der Waals surface area contributed by atoms with Crippen molar-refractivity contribution in [2.24, 2.45) is 0 Å². The van der Waals surface area contributed by atoms with Gasteiger partial charge in [-0.1, -0.05) is 31.5 Å². The Balaban J connectivity index is 1.86. The number of esters is 1.